The Morgan fingerprint density at radius 3 is 2.88 bits per heavy atom. The minimum atomic E-state index is -0.494. The van der Waals surface area contributed by atoms with E-state index in [4.69, 9.17) is 0 Å². The van der Waals surface area contributed by atoms with E-state index in [2.05, 4.69) is 36.4 Å². The zero-order chi connectivity index (χ0) is 17.3. The number of aryl methyl sites for hydroxylation is 2. The highest BCUT2D eigenvalue weighted by Gasteiger charge is 2.13. The summed E-state index contributed by atoms with van der Waals surface area (Å²) in [5.74, 6) is -0.236. The lowest BCUT2D eigenvalue weighted by atomic mass is 10.3. The average Bonchev–Trinajstić information content (AvgIpc) is 2.91. The average molecular weight is 410 g/mol. The van der Waals surface area contributed by atoms with Crippen LogP contribution < -0.4 is 5.32 Å². The molecule has 0 aliphatic rings. The second-order valence-electron chi connectivity index (χ2n) is 5.12. The zero-order valence-corrected chi connectivity index (χ0v) is 15.3. The Morgan fingerprint density at radius 2 is 2.12 bits per heavy atom. The van der Waals surface area contributed by atoms with Crippen LogP contribution in [0, 0.1) is 19.7 Å². The molecule has 0 saturated heterocycles. The van der Waals surface area contributed by atoms with Crippen molar-refractivity contribution in [3.05, 3.63) is 45.9 Å². The number of carbonyl (C=O) groups is 1. The van der Waals surface area contributed by atoms with E-state index in [1.165, 1.54) is 23.9 Å². The first kappa shape index (κ1) is 16.8. The van der Waals surface area contributed by atoms with Crippen molar-refractivity contribution < 1.29 is 9.18 Å². The maximum atomic E-state index is 13.7. The van der Waals surface area contributed by atoms with Crippen LogP contribution in [0.1, 0.15) is 11.4 Å². The van der Waals surface area contributed by atoms with E-state index >= 15 is 0 Å². The third-order valence-electron chi connectivity index (χ3n) is 3.20. The highest BCUT2D eigenvalue weighted by Crippen LogP contribution is 2.21. The maximum Gasteiger partial charge on any atom is 0.256 e. The number of nitrogens with zero attached hydrogens (tertiary/aromatic N) is 4. The summed E-state index contributed by atoms with van der Waals surface area (Å²) >= 11 is 4.39. The van der Waals surface area contributed by atoms with Crippen molar-refractivity contribution in [3.8, 4) is 0 Å². The lowest BCUT2D eigenvalue weighted by Gasteiger charge is -2.07. The predicted molar refractivity (Wildman–Crippen MR) is 93.7 cm³/mol. The van der Waals surface area contributed by atoms with Gasteiger partial charge in [-0.2, -0.15) is 0 Å². The number of anilines is 1. The first-order valence-electron chi connectivity index (χ1n) is 7.01. The summed E-state index contributed by atoms with van der Waals surface area (Å²) in [6.45, 7) is 3.81. The fourth-order valence-corrected chi connectivity index (χ4v) is 3.32. The lowest BCUT2D eigenvalue weighted by molar-refractivity contribution is -0.113. The van der Waals surface area contributed by atoms with E-state index in [0.29, 0.717) is 15.4 Å². The predicted octanol–water partition coefficient (Wildman–Crippen LogP) is 3.37. The van der Waals surface area contributed by atoms with Crippen molar-refractivity contribution in [2.24, 2.45) is 0 Å². The summed E-state index contributed by atoms with van der Waals surface area (Å²) in [6.07, 6.45) is 0. The maximum absolute atomic E-state index is 13.7. The van der Waals surface area contributed by atoms with Gasteiger partial charge in [0.2, 0.25) is 5.91 Å². The molecule has 1 N–H and O–H groups in total. The quantitative estimate of drug-likeness (QED) is 0.668. The van der Waals surface area contributed by atoms with Gasteiger partial charge in [-0.15, -0.1) is 10.2 Å². The number of amides is 1. The lowest BCUT2D eigenvalue weighted by Crippen LogP contribution is -2.15. The Balaban J connectivity index is 1.70. The molecular formula is C15H13BrFN5OS. The third-order valence-corrected chi connectivity index (χ3v) is 4.62. The van der Waals surface area contributed by atoms with Crippen LogP contribution in [-0.4, -0.2) is 31.2 Å². The number of rotatable bonds is 4. The number of carbonyl (C=O) groups excluding carboxylic acids is 1. The van der Waals surface area contributed by atoms with Gasteiger partial charge in [0, 0.05) is 15.9 Å². The van der Waals surface area contributed by atoms with Crippen LogP contribution in [0.4, 0.5) is 10.1 Å². The van der Waals surface area contributed by atoms with Gasteiger partial charge in [0.15, 0.2) is 5.16 Å². The number of thioether (sulfide) groups is 1. The van der Waals surface area contributed by atoms with E-state index in [1.54, 1.807) is 10.5 Å². The van der Waals surface area contributed by atoms with Crippen LogP contribution in [0.2, 0.25) is 0 Å². The minimum Gasteiger partial charge on any atom is -0.323 e. The summed E-state index contributed by atoms with van der Waals surface area (Å²) < 4.78 is 16.1. The first-order valence-corrected chi connectivity index (χ1v) is 8.79. The van der Waals surface area contributed by atoms with Crippen LogP contribution in [0.25, 0.3) is 5.78 Å². The van der Waals surface area contributed by atoms with Crippen molar-refractivity contribution in [3.63, 3.8) is 0 Å². The minimum absolute atomic E-state index is 0.0869. The molecule has 0 unspecified atom stereocenters. The molecular weight excluding hydrogens is 397 g/mol. The largest absolute Gasteiger partial charge is 0.323 e. The molecule has 9 heteroatoms. The molecule has 24 heavy (non-hydrogen) atoms. The van der Waals surface area contributed by atoms with Gasteiger partial charge in [-0.25, -0.2) is 9.37 Å². The molecule has 0 spiro atoms. The van der Waals surface area contributed by atoms with Crippen LogP contribution in [-0.2, 0) is 4.79 Å². The van der Waals surface area contributed by atoms with Crippen molar-refractivity contribution in [1.82, 2.24) is 19.6 Å². The Labute approximate surface area is 150 Å². The highest BCUT2D eigenvalue weighted by molar-refractivity contribution is 9.10. The van der Waals surface area contributed by atoms with E-state index < -0.39 is 5.82 Å². The van der Waals surface area contributed by atoms with Gasteiger partial charge < -0.3 is 5.32 Å². The third kappa shape index (κ3) is 3.57. The van der Waals surface area contributed by atoms with Crippen LogP contribution in [0.3, 0.4) is 0 Å². The molecule has 0 radical (unpaired) electrons. The number of fused-ring (bicyclic) bond motifs is 1. The van der Waals surface area contributed by atoms with E-state index in [0.717, 1.165) is 11.4 Å². The molecule has 0 atom stereocenters. The summed E-state index contributed by atoms with van der Waals surface area (Å²) in [6, 6.07) is 6.38. The molecule has 0 fully saturated rings. The molecule has 2 aromatic heterocycles. The Morgan fingerprint density at radius 1 is 1.33 bits per heavy atom. The molecule has 6 nitrogen and oxygen atoms in total. The SMILES string of the molecule is Cc1cc(C)n2c(SCC(=O)Nc3ccc(Br)cc3F)nnc2n1. The van der Waals surface area contributed by atoms with Crippen molar-refractivity contribution in [1.29, 1.82) is 0 Å². The van der Waals surface area contributed by atoms with Crippen LogP contribution in [0.5, 0.6) is 0 Å². The van der Waals surface area contributed by atoms with E-state index in [1.807, 2.05) is 19.9 Å². The number of halogens is 2. The van der Waals surface area contributed by atoms with Crippen molar-refractivity contribution >= 4 is 45.1 Å². The Bertz CT molecular complexity index is 930. The second-order valence-corrected chi connectivity index (χ2v) is 6.98. The van der Waals surface area contributed by atoms with Crippen molar-refractivity contribution in [2.75, 3.05) is 11.1 Å². The van der Waals surface area contributed by atoms with E-state index in [9.17, 15) is 9.18 Å². The molecule has 2 heterocycles. The molecule has 3 aromatic rings. The van der Waals surface area contributed by atoms with Gasteiger partial charge in [-0.05, 0) is 38.1 Å². The molecule has 3 rings (SSSR count). The number of benzene rings is 1. The van der Waals surface area contributed by atoms with Gasteiger partial charge in [-0.1, -0.05) is 27.7 Å². The number of nitrogens with one attached hydrogen (secondary N) is 1. The van der Waals surface area contributed by atoms with Crippen LogP contribution in [0.15, 0.2) is 33.9 Å². The molecule has 1 aromatic carbocycles. The highest BCUT2D eigenvalue weighted by atomic mass is 79.9. The summed E-state index contributed by atoms with van der Waals surface area (Å²) in [5, 5.41) is 11.2. The molecule has 1 amide bonds. The van der Waals surface area contributed by atoms with Gasteiger partial charge in [0.05, 0.1) is 11.4 Å². The monoisotopic (exact) mass is 409 g/mol. The molecule has 0 saturated carbocycles. The zero-order valence-electron chi connectivity index (χ0n) is 12.9. The van der Waals surface area contributed by atoms with Gasteiger partial charge in [0.1, 0.15) is 5.82 Å². The molecule has 124 valence electrons. The number of hydrogen-bond acceptors (Lipinski definition) is 5. The molecule has 0 aliphatic heterocycles. The van der Waals surface area contributed by atoms with Gasteiger partial charge >= 0.3 is 0 Å². The fourth-order valence-electron chi connectivity index (χ4n) is 2.20. The van der Waals surface area contributed by atoms with Crippen LogP contribution >= 0.6 is 27.7 Å². The molecule has 0 bridgehead atoms. The van der Waals surface area contributed by atoms with Crippen molar-refractivity contribution in [2.45, 2.75) is 19.0 Å². The van der Waals surface area contributed by atoms with E-state index in [-0.39, 0.29) is 17.3 Å². The smallest absolute Gasteiger partial charge is 0.256 e. The Hall–Kier alpha value is -2.00. The van der Waals surface area contributed by atoms with Gasteiger partial charge in [0.25, 0.3) is 5.78 Å². The first-order chi connectivity index (χ1) is 11.4. The summed E-state index contributed by atoms with van der Waals surface area (Å²) in [7, 11) is 0. The fraction of sp³-hybridized carbons (Fsp3) is 0.200. The number of hydrogen-bond donors (Lipinski definition) is 1. The summed E-state index contributed by atoms with van der Waals surface area (Å²) in [5.41, 5.74) is 1.93. The summed E-state index contributed by atoms with van der Waals surface area (Å²) in [4.78, 5) is 16.3. The second kappa shape index (κ2) is 6.86. The Kier molecular flexibility index (Phi) is 4.81. The topological polar surface area (TPSA) is 72.2 Å². The normalized spacial score (nSPS) is 11.0. The number of aromatic nitrogens is 4. The molecule has 0 aliphatic carbocycles. The van der Waals surface area contributed by atoms with Gasteiger partial charge in [-0.3, -0.25) is 9.20 Å². The standard InChI is InChI=1S/C15H13BrFN5OS/c1-8-5-9(2)22-14(18-8)20-21-15(22)24-7-13(23)19-12-4-3-10(16)6-11(12)17/h3-6H,7H2,1-2H3,(H,19,23).